The molecule has 1 N–H and O–H groups in total. The molecule has 1 aromatic heterocycles. The maximum Gasteiger partial charge on any atom is 0.258 e. The largest absolute Gasteiger partial charge is 0.451 e. The molecule has 12 nitrogen and oxygen atoms in total. The van der Waals surface area contributed by atoms with Crippen molar-refractivity contribution in [2.24, 2.45) is 5.41 Å². The first kappa shape index (κ1) is 36.1. The van der Waals surface area contributed by atoms with Crippen LogP contribution >= 0.6 is 0 Å². The zero-order valence-corrected chi connectivity index (χ0v) is 29.8. The molecule has 3 aliphatic rings. The van der Waals surface area contributed by atoms with Gasteiger partial charge in [0.2, 0.25) is 10.0 Å². The van der Waals surface area contributed by atoms with Gasteiger partial charge in [0, 0.05) is 50.8 Å². The number of methoxy groups -OCH3 is 1. The molecule has 1 amide bonds. The molecule has 0 saturated carbocycles. The number of aromatic nitrogens is 2. The minimum atomic E-state index is -3.57. The minimum absolute atomic E-state index is 0.0796. The molecule has 3 fully saturated rings. The average Bonchev–Trinajstić information content (AvgIpc) is 3.10. The Morgan fingerprint density at radius 2 is 1.88 bits per heavy atom. The molecule has 14 heteroatoms. The predicted molar refractivity (Wildman–Crippen MR) is 186 cm³/mol. The van der Waals surface area contributed by atoms with Gasteiger partial charge in [-0.15, -0.1) is 0 Å². The highest BCUT2D eigenvalue weighted by molar-refractivity contribution is 7.89. The number of halogens is 1. The summed E-state index contributed by atoms with van der Waals surface area (Å²) >= 11 is 0. The monoisotopic (exact) mass is 710 g/mol. The number of hydrogen-bond acceptors (Lipinski definition) is 10. The zero-order chi connectivity index (χ0) is 35.3. The Morgan fingerprint density at radius 3 is 2.56 bits per heavy atom. The van der Waals surface area contributed by atoms with E-state index in [1.807, 2.05) is 13.8 Å². The quantitative estimate of drug-likeness (QED) is 0.274. The van der Waals surface area contributed by atoms with Crippen molar-refractivity contribution in [3.8, 4) is 11.5 Å². The van der Waals surface area contributed by atoms with Gasteiger partial charge in [-0.25, -0.2) is 27.5 Å². The van der Waals surface area contributed by atoms with Crippen LogP contribution in [0, 0.1) is 11.2 Å². The number of amides is 1. The number of hydrogen-bond donors (Lipinski definition) is 1. The molecule has 0 radical (unpaired) electrons. The Balaban J connectivity index is 1.01. The van der Waals surface area contributed by atoms with Crippen LogP contribution in [0.5, 0.6) is 11.5 Å². The molecule has 50 heavy (non-hydrogen) atoms. The third-order valence-corrected chi connectivity index (χ3v) is 11.5. The van der Waals surface area contributed by atoms with E-state index in [1.54, 1.807) is 48.5 Å². The van der Waals surface area contributed by atoms with Crippen molar-refractivity contribution >= 4 is 21.7 Å². The normalized spacial score (nSPS) is 20.9. The van der Waals surface area contributed by atoms with Crippen LogP contribution in [0.2, 0.25) is 0 Å². The second-order valence-electron chi connectivity index (χ2n) is 13.9. The Kier molecular flexibility index (Phi) is 11.3. The number of nitrogens with zero attached hydrogens (tertiary/aromatic N) is 5. The van der Waals surface area contributed by atoms with Crippen molar-refractivity contribution in [3.05, 3.63) is 72.4 Å². The number of sulfonamides is 1. The lowest BCUT2D eigenvalue weighted by Gasteiger charge is -2.54. The summed E-state index contributed by atoms with van der Waals surface area (Å²) in [5.41, 5.74) is 0.297. The lowest BCUT2D eigenvalue weighted by atomic mass is 9.72. The molecule has 0 bridgehead atoms. The molecule has 4 heterocycles. The lowest BCUT2D eigenvalue weighted by molar-refractivity contribution is -0.0299. The van der Waals surface area contributed by atoms with Crippen LogP contribution in [0.15, 0.2) is 66.0 Å². The lowest BCUT2D eigenvalue weighted by Crippen LogP contribution is -2.61. The van der Waals surface area contributed by atoms with Gasteiger partial charge in [0.15, 0.2) is 11.6 Å². The smallest absolute Gasteiger partial charge is 0.258 e. The fraction of sp³-hybridized carbons (Fsp3) is 0.528. The van der Waals surface area contributed by atoms with E-state index in [2.05, 4.69) is 24.5 Å². The molecular formula is C36H47FN6O6S. The van der Waals surface area contributed by atoms with Gasteiger partial charge in [0.05, 0.1) is 36.0 Å². The number of carbonyl (C=O) groups is 1. The van der Waals surface area contributed by atoms with E-state index in [0.717, 1.165) is 58.4 Å². The van der Waals surface area contributed by atoms with Crippen LogP contribution in [-0.4, -0.2) is 112 Å². The van der Waals surface area contributed by atoms with E-state index >= 15 is 0 Å². The number of ether oxygens (including phenoxy) is 3. The van der Waals surface area contributed by atoms with Crippen molar-refractivity contribution in [2.45, 2.75) is 62.6 Å². The fourth-order valence-electron chi connectivity index (χ4n) is 7.09. The number of benzene rings is 2. The summed E-state index contributed by atoms with van der Waals surface area (Å²) in [7, 11) is -1.99. The number of rotatable bonds is 13. The van der Waals surface area contributed by atoms with Gasteiger partial charge in [-0.05, 0) is 83.0 Å². The average molecular weight is 711 g/mol. The summed E-state index contributed by atoms with van der Waals surface area (Å²) in [6.07, 6.45) is 6.78. The third kappa shape index (κ3) is 8.43. The molecule has 270 valence electrons. The molecule has 3 aliphatic heterocycles. The highest BCUT2D eigenvalue weighted by Crippen LogP contribution is 2.45. The van der Waals surface area contributed by atoms with E-state index in [4.69, 9.17) is 14.2 Å². The second kappa shape index (κ2) is 15.7. The Labute approximate surface area is 294 Å². The van der Waals surface area contributed by atoms with E-state index in [0.29, 0.717) is 31.3 Å². The van der Waals surface area contributed by atoms with Crippen molar-refractivity contribution in [1.29, 1.82) is 0 Å². The summed E-state index contributed by atoms with van der Waals surface area (Å²) in [5.74, 6) is 0.424. The van der Waals surface area contributed by atoms with Crippen molar-refractivity contribution < 1.29 is 31.8 Å². The highest BCUT2D eigenvalue weighted by Gasteiger charge is 2.46. The minimum Gasteiger partial charge on any atom is -0.451 e. The molecule has 3 saturated heterocycles. The van der Waals surface area contributed by atoms with E-state index in [9.17, 15) is 17.6 Å². The maximum absolute atomic E-state index is 14.4. The molecule has 2 aromatic carbocycles. The first-order valence-corrected chi connectivity index (χ1v) is 18.8. The number of nitrogens with one attached hydrogen (secondary N) is 1. The number of carbonyl (C=O) groups excluding carboxylic acids is 1. The SMILES string of the molecule is COCCN(C(=O)c1cc(F)ccc1Oc1cncnc1N1CC2(CCN(C[C@@H]3CC[C@@H](NS(=O)(=O)c4ccccc4)CO3)CC2)C1)C(C)C. The summed E-state index contributed by atoms with van der Waals surface area (Å²) in [4.78, 5) is 28.8. The van der Waals surface area contributed by atoms with E-state index in [-0.39, 0.29) is 45.7 Å². The van der Waals surface area contributed by atoms with Gasteiger partial charge in [-0.1, -0.05) is 18.2 Å². The van der Waals surface area contributed by atoms with Crippen LogP contribution in [0.4, 0.5) is 10.2 Å². The maximum atomic E-state index is 14.4. The molecule has 6 rings (SSSR count). The Hall–Kier alpha value is -3.69. The number of anilines is 1. The van der Waals surface area contributed by atoms with Crippen LogP contribution in [0.25, 0.3) is 0 Å². The Bertz CT molecular complexity index is 1710. The van der Waals surface area contributed by atoms with Crippen molar-refractivity contribution in [2.75, 3.05) is 64.5 Å². The standard InChI is InChI=1S/C36H47FN6O6S/c1-26(2)43(17-18-47-3)35(44)31-19-27(37)9-12-32(31)49-33-20-38-25-39-34(33)42-23-36(24-42)13-15-41(16-14-36)21-29-11-10-28(22-48-29)40-50(45,46)30-7-5-4-6-8-30/h4-9,12,19-20,25-26,28-29,40H,10-11,13-18,21-24H2,1-3H3/t28-,29+/m1/s1. The third-order valence-electron chi connectivity index (χ3n) is 9.95. The van der Waals surface area contributed by atoms with Gasteiger partial charge < -0.3 is 28.9 Å². The second-order valence-corrected chi connectivity index (χ2v) is 15.6. The summed E-state index contributed by atoms with van der Waals surface area (Å²) in [5, 5.41) is 0. The van der Waals surface area contributed by atoms with Crippen LogP contribution in [0.1, 0.15) is 49.9 Å². The zero-order valence-electron chi connectivity index (χ0n) is 29.0. The number of piperidine rings is 1. The van der Waals surface area contributed by atoms with Crippen molar-refractivity contribution in [1.82, 2.24) is 24.5 Å². The molecule has 0 aliphatic carbocycles. The molecule has 2 atom stereocenters. The van der Waals surface area contributed by atoms with Gasteiger partial charge in [-0.2, -0.15) is 0 Å². The first-order valence-electron chi connectivity index (χ1n) is 17.3. The first-order chi connectivity index (χ1) is 24.1. The van der Waals surface area contributed by atoms with Crippen LogP contribution in [0.3, 0.4) is 0 Å². The van der Waals surface area contributed by atoms with E-state index < -0.39 is 15.8 Å². The fourth-order valence-corrected chi connectivity index (χ4v) is 8.37. The molecule has 1 spiro atoms. The van der Waals surface area contributed by atoms with E-state index in [1.165, 1.54) is 24.5 Å². The molecule has 0 unspecified atom stereocenters. The summed E-state index contributed by atoms with van der Waals surface area (Å²) in [6, 6.07) is 12.0. The Morgan fingerprint density at radius 1 is 1.12 bits per heavy atom. The predicted octanol–water partition coefficient (Wildman–Crippen LogP) is 4.33. The van der Waals surface area contributed by atoms with Gasteiger partial charge >= 0.3 is 0 Å². The summed E-state index contributed by atoms with van der Waals surface area (Å²) in [6.45, 7) is 9.30. The highest BCUT2D eigenvalue weighted by atomic mass is 32.2. The van der Waals surface area contributed by atoms with Gasteiger partial charge in [0.1, 0.15) is 17.9 Å². The molecule has 3 aromatic rings. The van der Waals surface area contributed by atoms with Crippen LogP contribution < -0.4 is 14.4 Å². The molecular weight excluding hydrogens is 663 g/mol. The van der Waals surface area contributed by atoms with Gasteiger partial charge in [-0.3, -0.25) is 4.79 Å². The topological polar surface area (TPSA) is 126 Å². The number of likely N-dealkylation sites (tertiary alicyclic amines) is 1. The summed E-state index contributed by atoms with van der Waals surface area (Å²) < 4.78 is 60.2. The van der Waals surface area contributed by atoms with Gasteiger partial charge in [0.25, 0.3) is 5.91 Å². The van der Waals surface area contributed by atoms with Crippen LogP contribution in [-0.2, 0) is 19.5 Å². The van der Waals surface area contributed by atoms with Crippen molar-refractivity contribution in [3.63, 3.8) is 0 Å².